The van der Waals surface area contributed by atoms with Gasteiger partial charge in [0, 0.05) is 45.9 Å². The summed E-state index contributed by atoms with van der Waals surface area (Å²) in [6.45, 7) is 5.78. The van der Waals surface area contributed by atoms with E-state index in [-0.39, 0.29) is 30.7 Å². The first-order valence-corrected chi connectivity index (χ1v) is 8.49. The van der Waals surface area contributed by atoms with E-state index in [2.05, 4.69) is 10.2 Å². The van der Waals surface area contributed by atoms with Gasteiger partial charge < -0.3 is 15.0 Å². The van der Waals surface area contributed by atoms with Crippen LogP contribution < -0.4 is 5.32 Å². The van der Waals surface area contributed by atoms with Crippen LogP contribution in [-0.2, 0) is 9.53 Å². The number of amides is 1. The van der Waals surface area contributed by atoms with E-state index in [1.54, 1.807) is 7.11 Å². The van der Waals surface area contributed by atoms with Crippen molar-refractivity contribution in [2.75, 3.05) is 53.0 Å². The number of carbonyl (C=O) groups is 1. The first kappa shape index (κ1) is 21.0. The summed E-state index contributed by atoms with van der Waals surface area (Å²) >= 11 is 0. The van der Waals surface area contributed by atoms with E-state index >= 15 is 0 Å². The van der Waals surface area contributed by atoms with Crippen molar-refractivity contribution in [3.8, 4) is 0 Å². The molecule has 2 bridgehead atoms. The van der Waals surface area contributed by atoms with Crippen LogP contribution in [0.2, 0.25) is 0 Å². The zero-order chi connectivity index (χ0) is 14.7. The number of methoxy groups -OCH3 is 1. The first-order chi connectivity index (χ1) is 10.3. The lowest BCUT2D eigenvalue weighted by Gasteiger charge is -2.41. The predicted octanol–water partition coefficient (Wildman–Crippen LogP) is 1.40. The molecule has 3 atom stereocenters. The topological polar surface area (TPSA) is 44.8 Å². The highest BCUT2D eigenvalue weighted by Crippen LogP contribution is 2.46. The van der Waals surface area contributed by atoms with Gasteiger partial charge in [-0.15, -0.1) is 24.8 Å². The number of carbonyl (C=O) groups excluding carboxylic acids is 1. The van der Waals surface area contributed by atoms with Gasteiger partial charge in [0.1, 0.15) is 0 Å². The van der Waals surface area contributed by atoms with Crippen molar-refractivity contribution in [1.82, 2.24) is 15.1 Å². The van der Waals surface area contributed by atoms with Gasteiger partial charge >= 0.3 is 0 Å². The van der Waals surface area contributed by atoms with Crippen molar-refractivity contribution in [3.63, 3.8) is 0 Å². The van der Waals surface area contributed by atoms with Crippen LogP contribution in [0.3, 0.4) is 0 Å². The number of hydrogen-bond acceptors (Lipinski definition) is 4. The van der Waals surface area contributed by atoms with Crippen LogP contribution in [0.15, 0.2) is 0 Å². The Kier molecular flexibility index (Phi) is 9.16. The molecule has 1 amide bonds. The molecular weight excluding hydrogens is 337 g/mol. The Labute approximate surface area is 152 Å². The van der Waals surface area contributed by atoms with Crippen molar-refractivity contribution < 1.29 is 9.53 Å². The average molecular weight is 368 g/mol. The lowest BCUT2D eigenvalue weighted by molar-refractivity contribution is -0.132. The van der Waals surface area contributed by atoms with Crippen molar-refractivity contribution >= 4 is 30.7 Å². The molecule has 0 spiro atoms. The van der Waals surface area contributed by atoms with Crippen LogP contribution in [0.25, 0.3) is 0 Å². The lowest BCUT2D eigenvalue weighted by Crippen LogP contribution is -2.54. The minimum atomic E-state index is 0. The molecule has 1 N–H and O–H groups in total. The van der Waals surface area contributed by atoms with Crippen molar-refractivity contribution in [2.24, 2.45) is 11.8 Å². The van der Waals surface area contributed by atoms with E-state index in [0.29, 0.717) is 13.2 Å². The second kappa shape index (κ2) is 10.0. The molecule has 136 valence electrons. The Bertz CT molecular complexity index is 365. The molecule has 3 fully saturated rings. The maximum Gasteiger partial charge on any atom is 0.236 e. The Hall–Kier alpha value is -0.0700. The van der Waals surface area contributed by atoms with E-state index in [0.717, 1.165) is 50.6 Å². The van der Waals surface area contributed by atoms with E-state index in [9.17, 15) is 4.79 Å². The highest BCUT2D eigenvalue weighted by molar-refractivity contribution is 5.85. The van der Waals surface area contributed by atoms with E-state index in [4.69, 9.17) is 4.74 Å². The second-order valence-corrected chi connectivity index (χ2v) is 6.83. The summed E-state index contributed by atoms with van der Waals surface area (Å²) in [6, 6.07) is 0.820. The van der Waals surface area contributed by atoms with Crippen LogP contribution in [0, 0.1) is 11.8 Å². The zero-order valence-electron chi connectivity index (χ0n) is 14.0. The van der Waals surface area contributed by atoms with Gasteiger partial charge in [-0.3, -0.25) is 9.69 Å². The van der Waals surface area contributed by atoms with E-state index in [1.807, 2.05) is 4.90 Å². The number of nitrogens with zero attached hydrogens (tertiary/aromatic N) is 2. The highest BCUT2D eigenvalue weighted by Gasteiger charge is 2.42. The smallest absolute Gasteiger partial charge is 0.236 e. The van der Waals surface area contributed by atoms with Gasteiger partial charge in [-0.2, -0.15) is 0 Å². The van der Waals surface area contributed by atoms with E-state index in [1.165, 1.54) is 25.7 Å². The zero-order valence-corrected chi connectivity index (χ0v) is 15.7. The number of fused-ring (bicyclic) bond motifs is 2. The molecule has 3 aliphatic rings. The molecule has 23 heavy (non-hydrogen) atoms. The standard InChI is InChI=1S/C16H29N3O2.2ClH/c1-21-9-4-17-12-16(20)19-7-5-18(6-8-19)15-11-13-2-3-14(15)10-13;;/h13-15,17H,2-12H2,1H3;2*1H. The van der Waals surface area contributed by atoms with Gasteiger partial charge in [0.15, 0.2) is 0 Å². The van der Waals surface area contributed by atoms with E-state index < -0.39 is 0 Å². The first-order valence-electron chi connectivity index (χ1n) is 8.49. The maximum atomic E-state index is 12.1. The van der Waals surface area contributed by atoms with Gasteiger partial charge in [-0.05, 0) is 31.1 Å². The summed E-state index contributed by atoms with van der Waals surface area (Å²) in [7, 11) is 1.68. The molecule has 3 unspecified atom stereocenters. The fourth-order valence-electron chi connectivity index (χ4n) is 4.44. The fourth-order valence-corrected chi connectivity index (χ4v) is 4.44. The fraction of sp³-hybridized carbons (Fsp3) is 0.938. The Morgan fingerprint density at radius 1 is 1.13 bits per heavy atom. The summed E-state index contributed by atoms with van der Waals surface area (Å²) in [6.07, 6.45) is 5.79. The highest BCUT2D eigenvalue weighted by atomic mass is 35.5. The van der Waals surface area contributed by atoms with Crippen LogP contribution in [0.4, 0.5) is 0 Å². The molecule has 0 aromatic carbocycles. The number of piperazine rings is 1. The number of nitrogens with one attached hydrogen (secondary N) is 1. The second-order valence-electron chi connectivity index (χ2n) is 6.83. The molecule has 3 rings (SSSR count). The van der Waals surface area contributed by atoms with Crippen LogP contribution in [-0.4, -0.2) is 74.7 Å². The van der Waals surface area contributed by atoms with Crippen molar-refractivity contribution in [3.05, 3.63) is 0 Å². The molecular formula is C16H31Cl2N3O2. The van der Waals surface area contributed by atoms with Gasteiger partial charge in [-0.1, -0.05) is 6.42 Å². The molecule has 7 heteroatoms. The summed E-state index contributed by atoms with van der Waals surface area (Å²) in [4.78, 5) is 16.8. The number of halogens is 2. The Morgan fingerprint density at radius 3 is 2.43 bits per heavy atom. The number of rotatable bonds is 6. The molecule has 1 heterocycles. The largest absolute Gasteiger partial charge is 0.383 e. The van der Waals surface area contributed by atoms with Crippen LogP contribution >= 0.6 is 24.8 Å². The lowest BCUT2D eigenvalue weighted by atomic mass is 9.93. The maximum absolute atomic E-state index is 12.1. The molecule has 1 aliphatic heterocycles. The molecule has 0 aromatic heterocycles. The molecule has 0 radical (unpaired) electrons. The van der Waals surface area contributed by atoms with Gasteiger partial charge in [-0.25, -0.2) is 0 Å². The normalized spacial score (nSPS) is 30.0. The van der Waals surface area contributed by atoms with Crippen LogP contribution in [0.1, 0.15) is 25.7 Å². The van der Waals surface area contributed by atoms with Crippen LogP contribution in [0.5, 0.6) is 0 Å². The van der Waals surface area contributed by atoms with Gasteiger partial charge in [0.2, 0.25) is 5.91 Å². The molecule has 1 saturated heterocycles. The summed E-state index contributed by atoms with van der Waals surface area (Å²) in [5.41, 5.74) is 0. The summed E-state index contributed by atoms with van der Waals surface area (Å²) in [5.74, 6) is 2.19. The third kappa shape index (κ3) is 5.20. The predicted molar refractivity (Wildman–Crippen MR) is 96.6 cm³/mol. The molecule has 2 saturated carbocycles. The monoisotopic (exact) mass is 367 g/mol. The number of hydrogen-bond donors (Lipinski definition) is 1. The number of ether oxygens (including phenoxy) is 1. The van der Waals surface area contributed by atoms with Crippen molar-refractivity contribution in [1.29, 1.82) is 0 Å². The molecule has 5 nitrogen and oxygen atoms in total. The third-order valence-corrected chi connectivity index (χ3v) is 5.60. The Balaban J connectivity index is 0.00000132. The third-order valence-electron chi connectivity index (χ3n) is 5.60. The molecule has 0 aromatic rings. The SMILES string of the molecule is COCCNCC(=O)N1CCN(C2CC3CCC2C3)CC1.Cl.Cl. The average Bonchev–Trinajstić information content (AvgIpc) is 3.14. The van der Waals surface area contributed by atoms with Gasteiger partial charge in [0.25, 0.3) is 0 Å². The van der Waals surface area contributed by atoms with Crippen molar-refractivity contribution in [2.45, 2.75) is 31.7 Å². The Morgan fingerprint density at radius 2 is 1.87 bits per heavy atom. The minimum absolute atomic E-state index is 0. The van der Waals surface area contributed by atoms with Gasteiger partial charge in [0.05, 0.1) is 13.2 Å². The quantitative estimate of drug-likeness (QED) is 0.720. The molecule has 2 aliphatic carbocycles. The summed E-state index contributed by atoms with van der Waals surface area (Å²) < 4.78 is 4.97. The minimum Gasteiger partial charge on any atom is -0.383 e. The summed E-state index contributed by atoms with van der Waals surface area (Å²) in [5, 5.41) is 3.14.